The summed E-state index contributed by atoms with van der Waals surface area (Å²) in [6.07, 6.45) is 9.01. The van der Waals surface area contributed by atoms with Gasteiger partial charge in [-0.3, -0.25) is 9.36 Å². The van der Waals surface area contributed by atoms with E-state index < -0.39 is 0 Å². The molecule has 0 atom stereocenters. The minimum atomic E-state index is -0.124. The van der Waals surface area contributed by atoms with Crippen molar-refractivity contribution in [1.29, 1.82) is 0 Å². The number of aromatic nitrogens is 5. The van der Waals surface area contributed by atoms with Crippen LogP contribution in [-0.4, -0.2) is 38.7 Å². The van der Waals surface area contributed by atoms with E-state index in [2.05, 4.69) is 15.0 Å². The lowest BCUT2D eigenvalue weighted by molar-refractivity contribution is 0.319. The first-order valence-corrected chi connectivity index (χ1v) is 9.51. The van der Waals surface area contributed by atoms with E-state index in [4.69, 9.17) is 14.5 Å². The van der Waals surface area contributed by atoms with Gasteiger partial charge in [0, 0.05) is 12.7 Å². The molecule has 0 unspecified atom stereocenters. The Morgan fingerprint density at radius 2 is 1.86 bits per heavy atom. The molecule has 1 fully saturated rings. The van der Waals surface area contributed by atoms with Gasteiger partial charge in [0.15, 0.2) is 5.65 Å². The van der Waals surface area contributed by atoms with Gasteiger partial charge in [-0.1, -0.05) is 19.3 Å². The SMILES string of the molecule is COc1ncc(-c2ccc3ncc(=O)n(CC4CCCCC4)c3n2)c(OC)n1. The number of fused-ring (bicyclic) bond motifs is 1. The second kappa shape index (κ2) is 7.92. The summed E-state index contributed by atoms with van der Waals surface area (Å²) in [5.41, 5.74) is 2.39. The smallest absolute Gasteiger partial charge is 0.319 e. The van der Waals surface area contributed by atoms with Crippen LogP contribution in [0.25, 0.3) is 22.4 Å². The topological polar surface area (TPSA) is 92.0 Å². The molecule has 8 nitrogen and oxygen atoms in total. The number of nitrogens with zero attached hydrogens (tertiary/aromatic N) is 5. The van der Waals surface area contributed by atoms with Crippen molar-refractivity contribution in [2.24, 2.45) is 5.92 Å². The highest BCUT2D eigenvalue weighted by Gasteiger charge is 2.18. The van der Waals surface area contributed by atoms with Crippen molar-refractivity contribution in [2.75, 3.05) is 14.2 Å². The molecule has 3 heterocycles. The molecule has 3 aromatic heterocycles. The van der Waals surface area contributed by atoms with Crippen molar-refractivity contribution < 1.29 is 9.47 Å². The van der Waals surface area contributed by atoms with Crippen LogP contribution in [0, 0.1) is 5.92 Å². The van der Waals surface area contributed by atoms with Crippen molar-refractivity contribution >= 4 is 11.2 Å². The summed E-state index contributed by atoms with van der Waals surface area (Å²) in [5.74, 6) is 0.866. The highest BCUT2D eigenvalue weighted by atomic mass is 16.5. The summed E-state index contributed by atoms with van der Waals surface area (Å²) in [4.78, 5) is 29.9. The first kappa shape index (κ1) is 18.3. The minimum Gasteiger partial charge on any atom is -0.480 e. The van der Waals surface area contributed by atoms with Gasteiger partial charge in [0.25, 0.3) is 5.56 Å². The summed E-state index contributed by atoms with van der Waals surface area (Å²) in [7, 11) is 3.03. The fraction of sp³-hybridized carbons (Fsp3) is 0.450. The Labute approximate surface area is 162 Å². The van der Waals surface area contributed by atoms with E-state index in [0.717, 1.165) is 12.8 Å². The Hall–Kier alpha value is -3.03. The van der Waals surface area contributed by atoms with Crippen LogP contribution in [0.15, 0.2) is 29.3 Å². The Balaban J connectivity index is 1.80. The molecule has 0 radical (unpaired) electrons. The van der Waals surface area contributed by atoms with Crippen LogP contribution >= 0.6 is 0 Å². The second-order valence-corrected chi connectivity index (χ2v) is 7.03. The van der Waals surface area contributed by atoms with Crippen molar-refractivity contribution in [3.05, 3.63) is 34.9 Å². The summed E-state index contributed by atoms with van der Waals surface area (Å²) >= 11 is 0. The Kier molecular flexibility index (Phi) is 5.18. The molecule has 146 valence electrons. The zero-order valence-corrected chi connectivity index (χ0v) is 16.1. The van der Waals surface area contributed by atoms with E-state index >= 15 is 0 Å². The largest absolute Gasteiger partial charge is 0.480 e. The molecule has 0 aromatic carbocycles. The van der Waals surface area contributed by atoms with E-state index in [-0.39, 0.29) is 11.6 Å². The molecule has 28 heavy (non-hydrogen) atoms. The number of hydrogen-bond donors (Lipinski definition) is 0. The fourth-order valence-electron chi connectivity index (χ4n) is 3.77. The van der Waals surface area contributed by atoms with Gasteiger partial charge in [-0.15, -0.1) is 0 Å². The van der Waals surface area contributed by atoms with Crippen LogP contribution in [0.3, 0.4) is 0 Å². The maximum Gasteiger partial charge on any atom is 0.319 e. The molecular formula is C20H23N5O3. The third-order valence-corrected chi connectivity index (χ3v) is 5.24. The van der Waals surface area contributed by atoms with Crippen LogP contribution in [0.5, 0.6) is 11.9 Å². The van der Waals surface area contributed by atoms with E-state index in [9.17, 15) is 4.79 Å². The van der Waals surface area contributed by atoms with E-state index in [0.29, 0.717) is 40.8 Å². The minimum absolute atomic E-state index is 0.124. The average molecular weight is 381 g/mol. The highest BCUT2D eigenvalue weighted by Crippen LogP contribution is 2.29. The van der Waals surface area contributed by atoms with Gasteiger partial charge in [-0.25, -0.2) is 15.0 Å². The first-order chi connectivity index (χ1) is 13.7. The average Bonchev–Trinajstić information content (AvgIpc) is 2.75. The summed E-state index contributed by atoms with van der Waals surface area (Å²) < 4.78 is 12.2. The monoisotopic (exact) mass is 381 g/mol. The number of methoxy groups -OCH3 is 2. The predicted octanol–water partition coefficient (Wildman–Crippen LogP) is 2.85. The van der Waals surface area contributed by atoms with Gasteiger partial charge in [0.2, 0.25) is 5.88 Å². The molecular weight excluding hydrogens is 358 g/mol. The maximum atomic E-state index is 12.6. The molecule has 8 heteroatoms. The van der Waals surface area contributed by atoms with Crippen molar-refractivity contribution in [3.63, 3.8) is 0 Å². The second-order valence-electron chi connectivity index (χ2n) is 7.03. The van der Waals surface area contributed by atoms with E-state index in [1.807, 2.05) is 12.1 Å². The van der Waals surface area contributed by atoms with Crippen molar-refractivity contribution in [1.82, 2.24) is 24.5 Å². The van der Waals surface area contributed by atoms with Gasteiger partial charge in [-0.2, -0.15) is 4.98 Å². The molecule has 0 saturated heterocycles. The number of pyridine rings is 1. The zero-order valence-electron chi connectivity index (χ0n) is 16.1. The van der Waals surface area contributed by atoms with Crippen LogP contribution in [-0.2, 0) is 6.54 Å². The molecule has 4 rings (SSSR count). The van der Waals surface area contributed by atoms with Crippen LogP contribution < -0.4 is 15.0 Å². The lowest BCUT2D eigenvalue weighted by Gasteiger charge is -2.22. The molecule has 0 aliphatic heterocycles. The summed E-state index contributed by atoms with van der Waals surface area (Å²) in [6, 6.07) is 3.91. The molecule has 0 bridgehead atoms. The van der Waals surface area contributed by atoms with Crippen molar-refractivity contribution in [2.45, 2.75) is 38.6 Å². The third-order valence-electron chi connectivity index (χ3n) is 5.24. The summed E-state index contributed by atoms with van der Waals surface area (Å²) in [6.45, 7) is 0.671. The Morgan fingerprint density at radius 3 is 2.61 bits per heavy atom. The standard InChI is InChI=1S/C20H23N5O3/c1-27-19-14(10-22-20(24-19)28-2)15-8-9-16-18(23-15)25(17(26)11-21-16)12-13-6-4-3-5-7-13/h8-11,13H,3-7,12H2,1-2H3. The van der Waals surface area contributed by atoms with Gasteiger partial charge in [0.05, 0.1) is 31.7 Å². The molecule has 1 saturated carbocycles. The summed E-state index contributed by atoms with van der Waals surface area (Å²) in [5, 5.41) is 0. The molecule has 0 spiro atoms. The fourth-order valence-corrected chi connectivity index (χ4v) is 3.77. The number of ether oxygens (including phenoxy) is 2. The lowest BCUT2D eigenvalue weighted by Crippen LogP contribution is -2.26. The van der Waals surface area contributed by atoms with Crippen LogP contribution in [0.1, 0.15) is 32.1 Å². The molecule has 0 N–H and O–H groups in total. The maximum absolute atomic E-state index is 12.6. The normalized spacial score (nSPS) is 14.9. The predicted molar refractivity (Wildman–Crippen MR) is 105 cm³/mol. The van der Waals surface area contributed by atoms with Gasteiger partial charge in [-0.05, 0) is 30.9 Å². The number of hydrogen-bond acceptors (Lipinski definition) is 7. The quantitative estimate of drug-likeness (QED) is 0.671. The van der Waals surface area contributed by atoms with E-state index in [1.165, 1.54) is 39.7 Å². The number of rotatable bonds is 5. The zero-order chi connectivity index (χ0) is 19.5. The van der Waals surface area contributed by atoms with Gasteiger partial charge >= 0.3 is 6.01 Å². The van der Waals surface area contributed by atoms with Gasteiger partial charge < -0.3 is 9.47 Å². The van der Waals surface area contributed by atoms with Gasteiger partial charge in [0.1, 0.15) is 5.52 Å². The molecule has 3 aromatic rings. The third kappa shape index (κ3) is 3.54. The van der Waals surface area contributed by atoms with E-state index in [1.54, 1.807) is 10.8 Å². The Morgan fingerprint density at radius 1 is 1.04 bits per heavy atom. The lowest BCUT2D eigenvalue weighted by atomic mass is 9.89. The highest BCUT2D eigenvalue weighted by molar-refractivity contribution is 5.76. The molecule has 0 amide bonds. The van der Waals surface area contributed by atoms with Crippen LogP contribution in [0.2, 0.25) is 0 Å². The Bertz CT molecular complexity index is 1040. The van der Waals surface area contributed by atoms with Crippen LogP contribution in [0.4, 0.5) is 0 Å². The molecule has 1 aliphatic carbocycles. The molecule has 1 aliphatic rings. The first-order valence-electron chi connectivity index (χ1n) is 9.51. The van der Waals surface area contributed by atoms with Crippen molar-refractivity contribution in [3.8, 4) is 23.1 Å².